The largest absolute Gasteiger partial charge is 0.522 e. The van der Waals surface area contributed by atoms with Crippen molar-refractivity contribution in [2.24, 2.45) is 0 Å². The van der Waals surface area contributed by atoms with Gasteiger partial charge in [0.1, 0.15) is 5.60 Å². The van der Waals surface area contributed by atoms with E-state index in [-0.39, 0.29) is 38.7 Å². The highest BCUT2D eigenvalue weighted by Gasteiger charge is 2.31. The van der Waals surface area contributed by atoms with Gasteiger partial charge in [0.05, 0.1) is 34.9 Å². The number of alkyl halides is 3. The van der Waals surface area contributed by atoms with E-state index in [1.165, 1.54) is 42.5 Å². The Morgan fingerprint density at radius 1 is 1.02 bits per heavy atom. The van der Waals surface area contributed by atoms with Crippen molar-refractivity contribution in [2.75, 3.05) is 6.61 Å². The number of carbonyl (C=O) groups is 2. The van der Waals surface area contributed by atoms with Crippen LogP contribution in [-0.2, 0) is 20.7 Å². The molecule has 7 nitrogen and oxygen atoms in total. The molecule has 2 aromatic carbocycles. The third-order valence-electron chi connectivity index (χ3n) is 5.76. The van der Waals surface area contributed by atoms with Crippen LogP contribution in [-0.4, -0.2) is 34.9 Å². The molecular formula is C29H25Cl2F3N2O5. The van der Waals surface area contributed by atoms with Crippen molar-refractivity contribution < 1.29 is 32.2 Å². The van der Waals surface area contributed by atoms with Crippen LogP contribution in [0.3, 0.4) is 0 Å². The highest BCUT2D eigenvalue weighted by atomic mass is 35.5. The number of hydrogen-bond donors (Lipinski definition) is 0. The van der Waals surface area contributed by atoms with Gasteiger partial charge in [-0.15, -0.1) is 13.2 Å². The van der Waals surface area contributed by atoms with Crippen LogP contribution in [0.1, 0.15) is 54.7 Å². The zero-order valence-electron chi connectivity index (χ0n) is 22.2. The SMILES string of the molecule is CC(C)(C)OC(=O)c1ccc(CC(=O)C(CCOC(F)(F)F)n2cc(Cl)c(-c3cc(Cl)ccc3C#N)cc2=O)cc1. The highest BCUT2D eigenvalue weighted by molar-refractivity contribution is 6.33. The van der Waals surface area contributed by atoms with Crippen LogP contribution in [0.25, 0.3) is 11.1 Å². The second-order valence-corrected chi connectivity index (χ2v) is 10.9. The van der Waals surface area contributed by atoms with Crippen molar-refractivity contribution in [3.8, 4) is 17.2 Å². The molecule has 0 N–H and O–H groups in total. The number of benzene rings is 2. The fourth-order valence-electron chi connectivity index (χ4n) is 3.97. The number of hydrogen-bond acceptors (Lipinski definition) is 6. The molecule has 0 spiro atoms. The number of ether oxygens (including phenoxy) is 2. The summed E-state index contributed by atoms with van der Waals surface area (Å²) in [5, 5.41) is 9.71. The number of nitrogens with zero attached hydrogens (tertiary/aromatic N) is 2. The minimum Gasteiger partial charge on any atom is -0.456 e. The molecule has 0 bridgehead atoms. The van der Waals surface area contributed by atoms with Crippen molar-refractivity contribution in [3.63, 3.8) is 0 Å². The van der Waals surface area contributed by atoms with Gasteiger partial charge in [-0.1, -0.05) is 35.3 Å². The molecule has 1 unspecified atom stereocenters. The smallest absolute Gasteiger partial charge is 0.456 e. The monoisotopic (exact) mass is 608 g/mol. The predicted molar refractivity (Wildman–Crippen MR) is 147 cm³/mol. The lowest BCUT2D eigenvalue weighted by Crippen LogP contribution is -2.32. The van der Waals surface area contributed by atoms with Gasteiger partial charge in [0.15, 0.2) is 5.78 Å². The summed E-state index contributed by atoms with van der Waals surface area (Å²) >= 11 is 12.5. The normalized spacial score (nSPS) is 12.5. The van der Waals surface area contributed by atoms with Crippen LogP contribution in [0.2, 0.25) is 10.0 Å². The average molecular weight is 609 g/mol. The van der Waals surface area contributed by atoms with Crippen LogP contribution < -0.4 is 5.56 Å². The topological polar surface area (TPSA) is 98.4 Å². The molecule has 1 atom stereocenters. The molecule has 0 aliphatic rings. The van der Waals surface area contributed by atoms with E-state index >= 15 is 0 Å². The van der Waals surface area contributed by atoms with E-state index in [1.54, 1.807) is 20.8 Å². The zero-order valence-corrected chi connectivity index (χ0v) is 23.7. The molecule has 0 saturated heterocycles. The third kappa shape index (κ3) is 8.92. The molecule has 12 heteroatoms. The molecule has 216 valence electrons. The van der Waals surface area contributed by atoms with Crippen molar-refractivity contribution in [1.82, 2.24) is 4.57 Å². The number of halogens is 5. The highest BCUT2D eigenvalue weighted by Crippen LogP contribution is 2.32. The van der Waals surface area contributed by atoms with Gasteiger partial charge in [0.25, 0.3) is 5.56 Å². The maximum Gasteiger partial charge on any atom is 0.522 e. The molecule has 0 radical (unpaired) electrons. The van der Waals surface area contributed by atoms with E-state index in [2.05, 4.69) is 4.74 Å². The van der Waals surface area contributed by atoms with Crippen molar-refractivity contribution in [1.29, 1.82) is 5.26 Å². The third-order valence-corrected chi connectivity index (χ3v) is 6.29. The minimum absolute atomic E-state index is 0.0281. The lowest BCUT2D eigenvalue weighted by Gasteiger charge is -2.21. The van der Waals surface area contributed by atoms with Crippen LogP contribution in [0.4, 0.5) is 13.2 Å². The van der Waals surface area contributed by atoms with Crippen molar-refractivity contribution >= 4 is 35.0 Å². The van der Waals surface area contributed by atoms with Crippen LogP contribution in [0, 0.1) is 11.3 Å². The van der Waals surface area contributed by atoms with Gasteiger partial charge in [0, 0.05) is 34.8 Å². The fraction of sp³-hybridized carbons (Fsp3) is 0.310. The number of ketones is 1. The quantitative estimate of drug-likeness (QED) is 0.244. The Kier molecular flexibility index (Phi) is 10.0. The van der Waals surface area contributed by atoms with Crippen LogP contribution >= 0.6 is 23.2 Å². The molecular weight excluding hydrogens is 584 g/mol. The fourth-order valence-corrected chi connectivity index (χ4v) is 4.40. The molecule has 0 saturated carbocycles. The van der Waals surface area contributed by atoms with E-state index in [1.807, 2.05) is 6.07 Å². The van der Waals surface area contributed by atoms with E-state index in [0.717, 1.165) is 16.8 Å². The van der Waals surface area contributed by atoms with Gasteiger partial charge in [-0.25, -0.2) is 4.79 Å². The summed E-state index contributed by atoms with van der Waals surface area (Å²) < 4.78 is 48.2. The van der Waals surface area contributed by atoms with Crippen LogP contribution in [0.15, 0.2) is 59.5 Å². The van der Waals surface area contributed by atoms with Gasteiger partial charge in [-0.3, -0.25) is 14.3 Å². The van der Waals surface area contributed by atoms with Crippen molar-refractivity contribution in [2.45, 2.75) is 51.6 Å². The first-order valence-corrected chi connectivity index (χ1v) is 13.0. The Morgan fingerprint density at radius 2 is 1.68 bits per heavy atom. The summed E-state index contributed by atoms with van der Waals surface area (Å²) in [5.74, 6) is -1.15. The second kappa shape index (κ2) is 12.9. The molecule has 0 aliphatic carbocycles. The summed E-state index contributed by atoms with van der Waals surface area (Å²) in [6, 6.07) is 12.1. The second-order valence-electron chi connectivity index (χ2n) is 10.0. The first-order valence-electron chi connectivity index (χ1n) is 12.3. The molecule has 0 aliphatic heterocycles. The standard InChI is InChI=1S/C29H25Cl2F3N2O5/c1-28(2,3)41-27(39)18-6-4-17(5-7-18)12-25(37)24(10-11-40-29(32,33)34)36-16-23(31)22(14-26(36)38)21-13-20(30)9-8-19(21)15-35/h4-9,13-14,16,24H,10-12H2,1-3H3. The van der Waals surface area contributed by atoms with Gasteiger partial charge in [-0.2, -0.15) is 5.26 Å². The van der Waals surface area contributed by atoms with Gasteiger partial charge in [-0.05, 0) is 63.1 Å². The molecule has 0 amide bonds. The number of rotatable bonds is 9. The number of carbonyl (C=O) groups excluding carboxylic acids is 2. The Bertz CT molecular complexity index is 1540. The average Bonchev–Trinajstić information content (AvgIpc) is 2.86. The first kappa shape index (κ1) is 31.9. The molecule has 3 aromatic rings. The molecule has 0 fully saturated rings. The van der Waals surface area contributed by atoms with Gasteiger partial charge in [0.2, 0.25) is 0 Å². The lowest BCUT2D eigenvalue weighted by molar-refractivity contribution is -0.325. The Hall–Kier alpha value is -3.65. The number of esters is 1. The van der Waals surface area contributed by atoms with Gasteiger partial charge < -0.3 is 9.30 Å². The van der Waals surface area contributed by atoms with E-state index in [0.29, 0.717) is 5.56 Å². The molecule has 3 rings (SSSR count). The zero-order chi connectivity index (χ0) is 30.5. The summed E-state index contributed by atoms with van der Waals surface area (Å²) in [7, 11) is 0. The molecule has 1 aromatic heterocycles. The summed E-state index contributed by atoms with van der Waals surface area (Å²) in [4.78, 5) is 38.8. The number of nitriles is 1. The predicted octanol–water partition coefficient (Wildman–Crippen LogP) is 6.93. The van der Waals surface area contributed by atoms with Crippen molar-refractivity contribution in [3.05, 3.63) is 91.8 Å². The number of aromatic nitrogens is 1. The summed E-state index contributed by atoms with van der Waals surface area (Å²) in [6.45, 7) is 4.27. The lowest BCUT2D eigenvalue weighted by atomic mass is 9.99. The molecule has 41 heavy (non-hydrogen) atoms. The van der Waals surface area contributed by atoms with E-state index in [4.69, 9.17) is 27.9 Å². The number of Topliss-reactive ketones (excluding diaryl/α,β-unsaturated/α-hetero) is 1. The maximum absolute atomic E-state index is 13.3. The van der Waals surface area contributed by atoms with Gasteiger partial charge >= 0.3 is 12.3 Å². The Balaban J connectivity index is 1.93. The Labute approximate surface area is 244 Å². The Morgan fingerprint density at radius 3 is 2.27 bits per heavy atom. The first-order chi connectivity index (χ1) is 19.1. The van der Waals surface area contributed by atoms with E-state index < -0.39 is 48.3 Å². The summed E-state index contributed by atoms with van der Waals surface area (Å²) in [6.07, 6.45) is -4.53. The minimum atomic E-state index is -4.93. The molecule has 1 heterocycles. The maximum atomic E-state index is 13.3. The number of pyridine rings is 1. The van der Waals surface area contributed by atoms with E-state index in [9.17, 15) is 32.8 Å². The summed E-state index contributed by atoms with van der Waals surface area (Å²) in [5.41, 5.74) is -0.0943. The van der Waals surface area contributed by atoms with Crippen LogP contribution in [0.5, 0.6) is 0 Å².